The zero-order valence-electron chi connectivity index (χ0n) is 14.0. The number of nitrogens with one attached hydrogen (secondary N) is 1. The van der Waals surface area contributed by atoms with Crippen molar-refractivity contribution in [3.05, 3.63) is 0 Å². The molecule has 2 aliphatic rings. The summed E-state index contributed by atoms with van der Waals surface area (Å²) >= 11 is 16.8. The van der Waals surface area contributed by atoms with Gasteiger partial charge in [-0.15, -0.1) is 0 Å². The molecule has 0 spiro atoms. The largest absolute Gasteiger partial charge is 0.445 e. The van der Waals surface area contributed by atoms with E-state index in [-0.39, 0.29) is 24.7 Å². The quantitative estimate of drug-likeness (QED) is 0.710. The van der Waals surface area contributed by atoms with Gasteiger partial charge < -0.3 is 19.7 Å². The normalized spacial score (nSPS) is 26.9. The van der Waals surface area contributed by atoms with Gasteiger partial charge in [0.15, 0.2) is 0 Å². The van der Waals surface area contributed by atoms with Crippen molar-refractivity contribution < 1.29 is 19.1 Å². The van der Waals surface area contributed by atoms with Gasteiger partial charge in [0.25, 0.3) is 0 Å². The number of alkyl halides is 3. The summed E-state index contributed by atoms with van der Waals surface area (Å²) in [5.41, 5.74) is -0.537. The molecule has 1 unspecified atom stereocenters. The van der Waals surface area contributed by atoms with E-state index in [0.29, 0.717) is 12.8 Å². The Labute approximate surface area is 157 Å². The van der Waals surface area contributed by atoms with Gasteiger partial charge in [-0.05, 0) is 46.5 Å². The van der Waals surface area contributed by atoms with Crippen molar-refractivity contribution in [2.24, 2.45) is 0 Å². The van der Waals surface area contributed by atoms with Crippen LogP contribution in [0.2, 0.25) is 0 Å². The molecule has 9 heteroatoms. The second-order valence-corrected chi connectivity index (χ2v) is 9.79. The van der Waals surface area contributed by atoms with Crippen LogP contribution in [-0.2, 0) is 9.47 Å². The molecule has 2 heterocycles. The number of halogens is 3. The van der Waals surface area contributed by atoms with Crippen LogP contribution in [0, 0.1) is 0 Å². The van der Waals surface area contributed by atoms with Gasteiger partial charge in [0.2, 0.25) is 3.79 Å². The smallest absolute Gasteiger partial charge is 0.410 e. The van der Waals surface area contributed by atoms with Gasteiger partial charge >= 0.3 is 12.2 Å². The second-order valence-electron chi connectivity index (χ2n) is 7.28. The van der Waals surface area contributed by atoms with Gasteiger partial charge in [-0.1, -0.05) is 34.8 Å². The van der Waals surface area contributed by atoms with Crippen LogP contribution in [0.5, 0.6) is 0 Å². The standard InChI is InChI=1S/C15H23Cl3N2O4/c1-14(2,3)24-12(21)19-9-6-10-4-5-11(7-9)20(10)13(22)23-8-15(16,17)18/h9-11H,4-8H2,1-3H3,(H,19,21)/t9?,10-,11+. The fourth-order valence-electron chi connectivity index (χ4n) is 3.29. The van der Waals surface area contributed by atoms with Gasteiger partial charge in [-0.2, -0.15) is 0 Å². The number of amides is 2. The molecule has 0 aromatic carbocycles. The number of hydrogen-bond donors (Lipinski definition) is 1. The van der Waals surface area contributed by atoms with Crippen molar-refractivity contribution in [2.45, 2.75) is 74.0 Å². The first kappa shape index (κ1) is 19.7. The number of piperidine rings is 1. The van der Waals surface area contributed by atoms with E-state index in [1.165, 1.54) is 0 Å². The molecule has 2 bridgehead atoms. The molecule has 1 N–H and O–H groups in total. The van der Waals surface area contributed by atoms with Gasteiger partial charge in [0.05, 0.1) is 0 Å². The maximum Gasteiger partial charge on any atom is 0.410 e. The van der Waals surface area contributed by atoms with Gasteiger partial charge in [0, 0.05) is 18.1 Å². The fourth-order valence-corrected chi connectivity index (χ4v) is 3.45. The van der Waals surface area contributed by atoms with Gasteiger partial charge in [0.1, 0.15) is 12.2 Å². The summed E-state index contributed by atoms with van der Waals surface area (Å²) in [6.07, 6.45) is 2.18. The van der Waals surface area contributed by atoms with Gasteiger partial charge in [-0.3, -0.25) is 0 Å². The first-order valence-corrected chi connectivity index (χ1v) is 9.09. The zero-order chi connectivity index (χ0) is 18.1. The number of nitrogens with zero attached hydrogens (tertiary/aromatic N) is 1. The molecule has 0 radical (unpaired) electrons. The van der Waals surface area contributed by atoms with Crippen LogP contribution in [0.3, 0.4) is 0 Å². The monoisotopic (exact) mass is 400 g/mol. The van der Waals surface area contributed by atoms with Crippen LogP contribution < -0.4 is 5.32 Å². The molecule has 0 aromatic heterocycles. The summed E-state index contributed by atoms with van der Waals surface area (Å²) in [5, 5.41) is 2.89. The highest BCUT2D eigenvalue weighted by Crippen LogP contribution is 2.37. The maximum atomic E-state index is 12.2. The number of carbonyl (C=O) groups is 2. The third kappa shape index (κ3) is 5.74. The Morgan fingerprint density at radius 2 is 1.67 bits per heavy atom. The minimum Gasteiger partial charge on any atom is -0.445 e. The summed E-state index contributed by atoms with van der Waals surface area (Å²) in [6, 6.07) is 0.0210. The minimum absolute atomic E-state index is 0.0189. The summed E-state index contributed by atoms with van der Waals surface area (Å²) in [5.74, 6) is 0. The van der Waals surface area contributed by atoms with E-state index in [4.69, 9.17) is 44.3 Å². The lowest BCUT2D eigenvalue weighted by Crippen LogP contribution is -2.53. The molecule has 2 amide bonds. The third-order valence-electron chi connectivity index (χ3n) is 4.02. The van der Waals surface area contributed by atoms with Crippen LogP contribution in [0.4, 0.5) is 9.59 Å². The lowest BCUT2D eigenvalue weighted by molar-refractivity contribution is 0.0416. The van der Waals surface area contributed by atoms with Crippen molar-refractivity contribution in [3.63, 3.8) is 0 Å². The topological polar surface area (TPSA) is 67.9 Å². The molecule has 24 heavy (non-hydrogen) atoms. The fraction of sp³-hybridized carbons (Fsp3) is 0.867. The third-order valence-corrected chi connectivity index (χ3v) is 4.35. The number of hydrogen-bond acceptors (Lipinski definition) is 4. The first-order chi connectivity index (χ1) is 10.9. The number of alkyl carbamates (subject to hydrolysis) is 1. The van der Waals surface area contributed by atoms with Crippen LogP contribution in [0.1, 0.15) is 46.5 Å². The molecule has 0 aliphatic carbocycles. The highest BCUT2D eigenvalue weighted by molar-refractivity contribution is 6.67. The van der Waals surface area contributed by atoms with Crippen molar-refractivity contribution >= 4 is 47.0 Å². The highest BCUT2D eigenvalue weighted by atomic mass is 35.6. The van der Waals surface area contributed by atoms with E-state index in [2.05, 4.69) is 5.32 Å². The average Bonchev–Trinajstić information content (AvgIpc) is 2.64. The SMILES string of the molecule is CC(C)(C)OC(=O)NC1C[C@H]2CC[C@@H](C1)N2C(=O)OCC(Cl)(Cl)Cl. The predicted molar refractivity (Wildman–Crippen MR) is 92.7 cm³/mol. The molecule has 6 nitrogen and oxygen atoms in total. The Balaban J connectivity index is 1.87. The lowest BCUT2D eigenvalue weighted by Gasteiger charge is -2.38. The van der Waals surface area contributed by atoms with Crippen LogP contribution in [0.25, 0.3) is 0 Å². The Kier molecular flexibility index (Phi) is 6.03. The van der Waals surface area contributed by atoms with Crippen LogP contribution in [0.15, 0.2) is 0 Å². The highest BCUT2D eigenvalue weighted by Gasteiger charge is 2.45. The number of fused-ring (bicyclic) bond motifs is 2. The molecule has 3 atom stereocenters. The number of rotatable bonds is 2. The van der Waals surface area contributed by atoms with E-state index in [9.17, 15) is 9.59 Å². The molecule has 2 rings (SSSR count). The Morgan fingerprint density at radius 3 is 2.12 bits per heavy atom. The molecular weight excluding hydrogens is 379 g/mol. The second kappa shape index (κ2) is 7.34. The van der Waals surface area contributed by atoms with Crippen molar-refractivity contribution in [3.8, 4) is 0 Å². The van der Waals surface area contributed by atoms with Crippen LogP contribution in [-0.4, -0.2) is 51.2 Å². The molecule has 2 fully saturated rings. The number of carbonyl (C=O) groups excluding carboxylic acids is 2. The molecule has 2 aliphatic heterocycles. The molecular formula is C15H23Cl3N2O4. The number of ether oxygens (including phenoxy) is 2. The first-order valence-electron chi connectivity index (χ1n) is 7.96. The Morgan fingerprint density at radius 1 is 1.12 bits per heavy atom. The summed E-state index contributed by atoms with van der Waals surface area (Å²) in [7, 11) is 0. The van der Waals surface area contributed by atoms with E-state index < -0.39 is 21.6 Å². The van der Waals surface area contributed by atoms with E-state index >= 15 is 0 Å². The van der Waals surface area contributed by atoms with E-state index in [1.807, 2.05) is 20.8 Å². The summed E-state index contributed by atoms with van der Waals surface area (Å²) in [6.45, 7) is 5.17. The molecule has 0 aromatic rings. The average molecular weight is 402 g/mol. The molecule has 0 saturated carbocycles. The van der Waals surface area contributed by atoms with Crippen molar-refractivity contribution in [1.82, 2.24) is 10.2 Å². The lowest BCUT2D eigenvalue weighted by atomic mass is 9.98. The predicted octanol–water partition coefficient (Wildman–Crippen LogP) is 4.01. The van der Waals surface area contributed by atoms with Gasteiger partial charge in [-0.25, -0.2) is 9.59 Å². The summed E-state index contributed by atoms with van der Waals surface area (Å²) < 4.78 is 8.75. The van der Waals surface area contributed by atoms with Crippen LogP contribution >= 0.6 is 34.8 Å². The minimum atomic E-state index is -1.62. The summed E-state index contributed by atoms with van der Waals surface area (Å²) in [4.78, 5) is 25.9. The van der Waals surface area contributed by atoms with Crippen molar-refractivity contribution in [2.75, 3.05) is 6.61 Å². The van der Waals surface area contributed by atoms with E-state index in [0.717, 1.165) is 12.8 Å². The molecule has 2 saturated heterocycles. The Hall–Kier alpha value is -0.590. The maximum absolute atomic E-state index is 12.2. The zero-order valence-corrected chi connectivity index (χ0v) is 16.2. The molecule has 138 valence electrons. The van der Waals surface area contributed by atoms with Crippen molar-refractivity contribution in [1.29, 1.82) is 0 Å². The van der Waals surface area contributed by atoms with E-state index in [1.54, 1.807) is 4.90 Å². The Bertz CT molecular complexity index is 476.